The van der Waals surface area contributed by atoms with E-state index in [1.807, 2.05) is 42.9 Å². The number of likely N-dealkylation sites (tertiary alicyclic amines) is 1. The average molecular weight is 555 g/mol. The summed E-state index contributed by atoms with van der Waals surface area (Å²) < 4.78 is 12.6. The highest BCUT2D eigenvalue weighted by Crippen LogP contribution is 2.22. The molecule has 0 radical (unpaired) electrons. The van der Waals surface area contributed by atoms with Crippen LogP contribution in [0.5, 0.6) is 5.75 Å². The monoisotopic (exact) mass is 554 g/mol. The molecular formula is C28H38N6O6. The number of methoxy groups -OCH3 is 1. The molecule has 216 valence electrons. The number of fused-ring (bicyclic) bond motifs is 13. The summed E-state index contributed by atoms with van der Waals surface area (Å²) in [4.78, 5) is 56.1. The Bertz CT molecular complexity index is 1160. The standard InChI is InChI=1S/C28H38N6O6/c1-19(2)13-23-27(37)32(11-12-39-3)17-25(35)30-24(28(38)33-15-21(16-33)34-10-4-9-29-34)14-20-5-7-22(8-6-20)40-18-26(36)31-23/h4-10,19,21,23-24H,11-18H2,1-3H3,(H,30,35)(H,31,36)/t23-,24-/m0/s1. The van der Waals surface area contributed by atoms with Gasteiger partial charge in [-0.25, -0.2) is 0 Å². The van der Waals surface area contributed by atoms with E-state index in [9.17, 15) is 19.2 Å². The van der Waals surface area contributed by atoms with E-state index in [4.69, 9.17) is 9.47 Å². The van der Waals surface area contributed by atoms with Crippen LogP contribution in [0.4, 0.5) is 0 Å². The second-order valence-corrected chi connectivity index (χ2v) is 10.6. The quantitative estimate of drug-likeness (QED) is 0.473. The van der Waals surface area contributed by atoms with Crippen molar-refractivity contribution < 1.29 is 28.7 Å². The van der Waals surface area contributed by atoms with Crippen molar-refractivity contribution in [3.05, 3.63) is 48.3 Å². The fraction of sp³-hybridized carbons (Fsp3) is 0.536. The summed E-state index contributed by atoms with van der Waals surface area (Å²) in [6.07, 6.45) is 4.21. The van der Waals surface area contributed by atoms with E-state index in [0.29, 0.717) is 25.3 Å². The first-order valence-electron chi connectivity index (χ1n) is 13.6. The van der Waals surface area contributed by atoms with Crippen molar-refractivity contribution in [1.29, 1.82) is 0 Å². The van der Waals surface area contributed by atoms with Gasteiger partial charge >= 0.3 is 0 Å². The van der Waals surface area contributed by atoms with E-state index in [-0.39, 0.29) is 50.6 Å². The molecule has 2 aromatic rings. The number of ether oxygens (including phenoxy) is 2. The molecule has 4 heterocycles. The molecule has 4 amide bonds. The first-order chi connectivity index (χ1) is 19.2. The first kappa shape index (κ1) is 29.1. The predicted octanol–water partition coefficient (Wildman–Crippen LogP) is 0.392. The number of carbonyl (C=O) groups is 4. The van der Waals surface area contributed by atoms with Crippen molar-refractivity contribution in [3.8, 4) is 5.75 Å². The molecule has 5 rings (SSSR count). The Balaban J connectivity index is 1.56. The summed E-state index contributed by atoms with van der Waals surface area (Å²) in [6.45, 7) is 4.72. The summed E-state index contributed by atoms with van der Waals surface area (Å²) in [6, 6.07) is 7.33. The minimum atomic E-state index is -0.839. The van der Waals surface area contributed by atoms with Gasteiger partial charge in [-0.2, -0.15) is 5.10 Å². The van der Waals surface area contributed by atoms with Gasteiger partial charge in [0.25, 0.3) is 5.91 Å². The van der Waals surface area contributed by atoms with E-state index < -0.39 is 29.8 Å². The molecule has 0 unspecified atom stereocenters. The summed E-state index contributed by atoms with van der Waals surface area (Å²) in [5.41, 5.74) is 0.816. The van der Waals surface area contributed by atoms with Gasteiger partial charge in [0.05, 0.1) is 19.2 Å². The Morgan fingerprint density at radius 1 is 1.12 bits per heavy atom. The Morgan fingerprint density at radius 3 is 2.52 bits per heavy atom. The van der Waals surface area contributed by atoms with Crippen molar-refractivity contribution in [3.63, 3.8) is 0 Å². The zero-order chi connectivity index (χ0) is 28.6. The highest BCUT2D eigenvalue weighted by Gasteiger charge is 2.37. The van der Waals surface area contributed by atoms with E-state index in [1.165, 1.54) is 12.0 Å². The van der Waals surface area contributed by atoms with E-state index in [2.05, 4.69) is 15.7 Å². The van der Waals surface area contributed by atoms with Gasteiger partial charge in [0.15, 0.2) is 6.61 Å². The van der Waals surface area contributed by atoms with E-state index >= 15 is 0 Å². The third-order valence-corrected chi connectivity index (χ3v) is 6.99. The van der Waals surface area contributed by atoms with Gasteiger partial charge in [0.1, 0.15) is 17.8 Å². The molecule has 2 N–H and O–H groups in total. The smallest absolute Gasteiger partial charge is 0.258 e. The molecule has 1 saturated heterocycles. The maximum atomic E-state index is 13.5. The van der Waals surface area contributed by atoms with E-state index in [0.717, 1.165) is 5.56 Å². The van der Waals surface area contributed by atoms with Gasteiger partial charge < -0.3 is 29.9 Å². The molecule has 0 saturated carbocycles. The summed E-state index contributed by atoms with van der Waals surface area (Å²) in [7, 11) is 1.51. The van der Waals surface area contributed by atoms with Gasteiger partial charge in [-0.1, -0.05) is 26.0 Å². The van der Waals surface area contributed by atoms with E-state index in [1.54, 1.807) is 23.2 Å². The number of nitrogens with zero attached hydrogens (tertiary/aromatic N) is 4. The molecule has 12 heteroatoms. The topological polar surface area (TPSA) is 135 Å². The third-order valence-electron chi connectivity index (χ3n) is 6.99. The van der Waals surface area contributed by atoms with Gasteiger partial charge in [-0.05, 0) is 36.1 Å². The molecule has 0 spiro atoms. The Labute approximate surface area is 234 Å². The number of aromatic nitrogens is 2. The SMILES string of the molecule is COCCN1CC(=O)N[C@H](C(=O)N2CC(n3cccn3)C2)Cc2ccc(cc2)OCC(=O)N[C@@H](CC(C)C)C1=O. The number of nitrogens with one attached hydrogen (secondary N) is 2. The third kappa shape index (κ3) is 7.59. The van der Waals surface area contributed by atoms with Crippen LogP contribution in [0.3, 0.4) is 0 Å². The molecule has 1 aromatic carbocycles. The van der Waals surface area contributed by atoms with Crippen LogP contribution in [-0.2, 0) is 30.3 Å². The molecule has 2 atom stereocenters. The number of benzene rings is 1. The van der Waals surface area contributed by atoms with Crippen LogP contribution < -0.4 is 15.4 Å². The largest absolute Gasteiger partial charge is 0.484 e. The minimum Gasteiger partial charge on any atom is -0.484 e. The predicted molar refractivity (Wildman–Crippen MR) is 145 cm³/mol. The van der Waals surface area contributed by atoms with Gasteiger partial charge in [0.2, 0.25) is 17.7 Å². The number of hydrogen-bond acceptors (Lipinski definition) is 7. The second kappa shape index (κ2) is 13.4. The van der Waals surface area contributed by atoms with Gasteiger partial charge in [-0.15, -0.1) is 0 Å². The van der Waals surface area contributed by atoms with Crippen LogP contribution in [0.1, 0.15) is 31.9 Å². The van der Waals surface area contributed by atoms with Crippen molar-refractivity contribution in [1.82, 2.24) is 30.2 Å². The Hall–Kier alpha value is -3.93. The highest BCUT2D eigenvalue weighted by molar-refractivity contribution is 5.93. The first-order valence-corrected chi connectivity index (χ1v) is 13.6. The average Bonchev–Trinajstić information content (AvgIpc) is 3.42. The lowest BCUT2D eigenvalue weighted by Gasteiger charge is -2.41. The Kier molecular flexibility index (Phi) is 9.75. The fourth-order valence-corrected chi connectivity index (χ4v) is 4.86. The van der Waals surface area contributed by atoms with Crippen LogP contribution in [0, 0.1) is 5.92 Å². The van der Waals surface area contributed by atoms with Crippen LogP contribution in [0.25, 0.3) is 0 Å². The van der Waals surface area contributed by atoms with Crippen molar-refractivity contribution in [2.75, 3.05) is 46.5 Å². The molecule has 1 aromatic heterocycles. The molecular weight excluding hydrogens is 516 g/mol. The van der Waals surface area contributed by atoms with Crippen molar-refractivity contribution in [2.24, 2.45) is 5.92 Å². The number of rotatable bonds is 7. The normalized spacial score (nSPS) is 21.1. The van der Waals surface area contributed by atoms with Crippen LogP contribution >= 0.6 is 0 Å². The zero-order valence-corrected chi connectivity index (χ0v) is 23.2. The molecule has 2 bridgehead atoms. The maximum Gasteiger partial charge on any atom is 0.258 e. The minimum absolute atomic E-state index is 0.0903. The molecule has 0 aliphatic carbocycles. The Morgan fingerprint density at radius 2 is 1.88 bits per heavy atom. The molecule has 3 aliphatic rings. The number of carbonyl (C=O) groups excluding carboxylic acids is 4. The van der Waals surface area contributed by atoms with Crippen LogP contribution in [-0.4, -0.2) is 102 Å². The van der Waals surface area contributed by atoms with Gasteiger partial charge in [-0.3, -0.25) is 23.9 Å². The zero-order valence-electron chi connectivity index (χ0n) is 23.2. The molecule has 3 aliphatic heterocycles. The van der Waals surface area contributed by atoms with Gasteiger partial charge in [0, 0.05) is 45.6 Å². The molecule has 1 fully saturated rings. The second-order valence-electron chi connectivity index (χ2n) is 10.6. The highest BCUT2D eigenvalue weighted by atomic mass is 16.5. The summed E-state index contributed by atoms with van der Waals surface area (Å²) in [5, 5.41) is 9.89. The lowest BCUT2D eigenvalue weighted by atomic mass is 10.0. The molecule has 40 heavy (non-hydrogen) atoms. The maximum absolute atomic E-state index is 13.5. The van der Waals surface area contributed by atoms with Crippen molar-refractivity contribution in [2.45, 2.75) is 44.8 Å². The van der Waals surface area contributed by atoms with Crippen LogP contribution in [0.2, 0.25) is 0 Å². The summed E-state index contributed by atoms with van der Waals surface area (Å²) >= 11 is 0. The van der Waals surface area contributed by atoms with Crippen molar-refractivity contribution >= 4 is 23.6 Å². The summed E-state index contributed by atoms with van der Waals surface area (Å²) in [5.74, 6) is -0.893. The van der Waals surface area contributed by atoms with Crippen LogP contribution in [0.15, 0.2) is 42.7 Å². The lowest BCUT2D eigenvalue weighted by Crippen LogP contribution is -2.59. The number of amides is 4. The lowest BCUT2D eigenvalue weighted by molar-refractivity contribution is -0.143. The number of hydrogen-bond donors (Lipinski definition) is 2. The molecule has 12 nitrogen and oxygen atoms in total. The fourth-order valence-electron chi connectivity index (χ4n) is 4.86.